The predicted octanol–water partition coefficient (Wildman–Crippen LogP) is 3.22. The standard InChI is InChI=1S/C20H28O4/c1-13-6-4-8-14(2)18(22)19-17(15(3)20(23)24-19)11-10-16(12-21)9-5-7-13/h7-8,10,17-19,21-22H,3-6,9,11-12H2,1-2H3/b13-7+,14-8+,16-10-/t17-,18-,19-/m1/s1. The molecule has 0 radical (unpaired) electrons. The Hall–Kier alpha value is -1.65. The Kier molecular flexibility index (Phi) is 6.58. The van der Waals surface area contributed by atoms with E-state index in [-0.39, 0.29) is 12.5 Å². The normalized spacial score (nSPS) is 36.3. The molecule has 0 spiro atoms. The summed E-state index contributed by atoms with van der Waals surface area (Å²) in [5, 5.41) is 20.2. The number of ether oxygens (including phenoxy) is 1. The van der Waals surface area contributed by atoms with E-state index in [0.29, 0.717) is 12.0 Å². The number of hydrogen-bond donors (Lipinski definition) is 2. The molecule has 0 bridgehead atoms. The Morgan fingerprint density at radius 2 is 1.92 bits per heavy atom. The van der Waals surface area contributed by atoms with Crippen molar-refractivity contribution in [3.8, 4) is 0 Å². The quantitative estimate of drug-likeness (QED) is 0.439. The predicted molar refractivity (Wildman–Crippen MR) is 94.3 cm³/mol. The van der Waals surface area contributed by atoms with E-state index in [4.69, 9.17) is 4.74 Å². The number of allylic oxidation sites excluding steroid dienone is 4. The summed E-state index contributed by atoms with van der Waals surface area (Å²) in [6.07, 6.45) is 8.78. The highest BCUT2D eigenvalue weighted by molar-refractivity contribution is 5.91. The third kappa shape index (κ3) is 4.46. The van der Waals surface area contributed by atoms with Gasteiger partial charge in [0.2, 0.25) is 0 Å². The first kappa shape index (κ1) is 18.7. The van der Waals surface area contributed by atoms with Gasteiger partial charge in [-0.15, -0.1) is 0 Å². The minimum Gasteiger partial charge on any atom is -0.455 e. The lowest BCUT2D eigenvalue weighted by molar-refractivity contribution is -0.142. The van der Waals surface area contributed by atoms with Crippen LogP contribution in [0.2, 0.25) is 0 Å². The first-order valence-electron chi connectivity index (χ1n) is 8.63. The molecule has 2 aliphatic rings. The summed E-state index contributed by atoms with van der Waals surface area (Å²) < 4.78 is 5.38. The van der Waals surface area contributed by atoms with Gasteiger partial charge in [-0.2, -0.15) is 0 Å². The van der Waals surface area contributed by atoms with E-state index < -0.39 is 18.2 Å². The fourth-order valence-electron chi connectivity index (χ4n) is 3.24. The summed E-state index contributed by atoms with van der Waals surface area (Å²) in [6.45, 7) is 7.82. The molecule has 1 aliphatic heterocycles. The summed E-state index contributed by atoms with van der Waals surface area (Å²) in [4.78, 5) is 11.9. The highest BCUT2D eigenvalue weighted by Gasteiger charge is 2.42. The van der Waals surface area contributed by atoms with Gasteiger partial charge in [0.05, 0.1) is 6.61 Å². The molecule has 2 rings (SSSR count). The van der Waals surface area contributed by atoms with Crippen LogP contribution >= 0.6 is 0 Å². The summed E-state index contributed by atoms with van der Waals surface area (Å²) in [6, 6.07) is 0. The van der Waals surface area contributed by atoms with Crippen LogP contribution in [0.25, 0.3) is 0 Å². The van der Waals surface area contributed by atoms with Gasteiger partial charge in [0.25, 0.3) is 0 Å². The van der Waals surface area contributed by atoms with Crippen LogP contribution in [0.15, 0.2) is 47.1 Å². The van der Waals surface area contributed by atoms with Gasteiger partial charge in [0.1, 0.15) is 12.2 Å². The number of carbonyl (C=O) groups excluding carboxylic acids is 1. The molecule has 0 aromatic rings. The molecule has 24 heavy (non-hydrogen) atoms. The molecular weight excluding hydrogens is 304 g/mol. The fraction of sp³-hybridized carbons (Fsp3) is 0.550. The molecule has 0 aromatic carbocycles. The molecule has 1 saturated heterocycles. The van der Waals surface area contributed by atoms with Crippen molar-refractivity contribution >= 4 is 5.97 Å². The van der Waals surface area contributed by atoms with Crippen LogP contribution in [0, 0.1) is 5.92 Å². The average molecular weight is 332 g/mol. The summed E-state index contributed by atoms with van der Waals surface area (Å²) >= 11 is 0. The van der Waals surface area contributed by atoms with Crippen molar-refractivity contribution in [1.29, 1.82) is 0 Å². The summed E-state index contributed by atoms with van der Waals surface area (Å²) in [5.74, 6) is -0.685. The van der Waals surface area contributed by atoms with Crippen LogP contribution in [0.5, 0.6) is 0 Å². The number of carbonyl (C=O) groups is 1. The largest absolute Gasteiger partial charge is 0.455 e. The molecule has 1 fully saturated rings. The van der Waals surface area contributed by atoms with Crippen LogP contribution < -0.4 is 0 Å². The Balaban J connectivity index is 2.30. The van der Waals surface area contributed by atoms with Gasteiger partial charge >= 0.3 is 5.97 Å². The molecule has 0 aromatic heterocycles. The molecular formula is C20H28O4. The second-order valence-corrected chi connectivity index (χ2v) is 6.78. The van der Waals surface area contributed by atoms with Crippen LogP contribution in [-0.2, 0) is 9.53 Å². The lowest BCUT2D eigenvalue weighted by Crippen LogP contribution is -2.32. The number of fused-ring (bicyclic) bond motifs is 1. The van der Waals surface area contributed by atoms with Crippen LogP contribution in [0.4, 0.5) is 0 Å². The number of aliphatic hydroxyl groups excluding tert-OH is 2. The maximum absolute atomic E-state index is 11.9. The topological polar surface area (TPSA) is 66.8 Å². The molecule has 0 amide bonds. The Labute approximate surface area is 144 Å². The third-order valence-electron chi connectivity index (χ3n) is 4.95. The van der Waals surface area contributed by atoms with Crippen molar-refractivity contribution in [2.75, 3.05) is 6.61 Å². The Morgan fingerprint density at radius 1 is 1.21 bits per heavy atom. The fourth-order valence-corrected chi connectivity index (χ4v) is 3.24. The minimum atomic E-state index is -0.823. The third-order valence-corrected chi connectivity index (χ3v) is 4.95. The van der Waals surface area contributed by atoms with E-state index in [1.807, 2.05) is 19.1 Å². The van der Waals surface area contributed by atoms with Crippen molar-refractivity contribution in [3.63, 3.8) is 0 Å². The smallest absolute Gasteiger partial charge is 0.334 e. The number of esters is 1. The van der Waals surface area contributed by atoms with Crippen molar-refractivity contribution in [2.24, 2.45) is 5.92 Å². The zero-order chi connectivity index (χ0) is 17.7. The lowest BCUT2D eigenvalue weighted by atomic mass is 9.87. The first-order valence-corrected chi connectivity index (χ1v) is 8.63. The van der Waals surface area contributed by atoms with E-state index in [1.54, 1.807) is 0 Å². The van der Waals surface area contributed by atoms with Crippen molar-refractivity contribution in [2.45, 2.75) is 58.2 Å². The average Bonchev–Trinajstić information content (AvgIpc) is 2.84. The molecule has 1 aliphatic carbocycles. The number of aliphatic hydroxyl groups is 2. The second kappa shape index (κ2) is 8.45. The number of hydrogen-bond acceptors (Lipinski definition) is 4. The molecule has 3 atom stereocenters. The zero-order valence-electron chi connectivity index (χ0n) is 14.6. The Bertz CT molecular complexity index is 582. The van der Waals surface area contributed by atoms with Crippen LogP contribution in [-0.4, -0.2) is 35.0 Å². The Morgan fingerprint density at radius 3 is 2.62 bits per heavy atom. The van der Waals surface area contributed by atoms with E-state index in [0.717, 1.165) is 36.8 Å². The second-order valence-electron chi connectivity index (χ2n) is 6.78. The molecule has 4 heteroatoms. The van der Waals surface area contributed by atoms with Gasteiger partial charge in [-0.25, -0.2) is 4.79 Å². The highest BCUT2D eigenvalue weighted by atomic mass is 16.6. The molecule has 2 N–H and O–H groups in total. The lowest BCUT2D eigenvalue weighted by Gasteiger charge is -2.23. The van der Waals surface area contributed by atoms with Crippen LogP contribution in [0.3, 0.4) is 0 Å². The molecule has 132 valence electrons. The highest BCUT2D eigenvalue weighted by Crippen LogP contribution is 2.34. The minimum absolute atomic E-state index is 0.00698. The van der Waals surface area contributed by atoms with E-state index >= 15 is 0 Å². The monoisotopic (exact) mass is 332 g/mol. The summed E-state index contributed by atoms with van der Waals surface area (Å²) in [5.41, 5.74) is 3.48. The maximum Gasteiger partial charge on any atom is 0.334 e. The molecule has 0 saturated carbocycles. The van der Waals surface area contributed by atoms with Gasteiger partial charge in [-0.05, 0) is 57.1 Å². The SMILES string of the molecule is C=C1C(=O)O[C@@H]2[C@@H]1C/C=C(\CO)CC/C=C(\C)CC/C=C(\C)[C@H]2O. The van der Waals surface area contributed by atoms with Gasteiger partial charge in [-0.3, -0.25) is 0 Å². The van der Waals surface area contributed by atoms with Crippen molar-refractivity contribution in [1.82, 2.24) is 0 Å². The van der Waals surface area contributed by atoms with Crippen LogP contribution in [0.1, 0.15) is 46.0 Å². The van der Waals surface area contributed by atoms with Gasteiger partial charge in [0, 0.05) is 11.5 Å². The maximum atomic E-state index is 11.9. The van der Waals surface area contributed by atoms with E-state index in [9.17, 15) is 15.0 Å². The first-order chi connectivity index (χ1) is 11.4. The molecule has 4 nitrogen and oxygen atoms in total. The molecule has 1 heterocycles. The van der Waals surface area contributed by atoms with E-state index in [2.05, 4.69) is 19.6 Å². The van der Waals surface area contributed by atoms with Crippen molar-refractivity contribution in [3.05, 3.63) is 47.1 Å². The van der Waals surface area contributed by atoms with Gasteiger partial charge < -0.3 is 14.9 Å². The number of rotatable bonds is 1. The molecule has 0 unspecified atom stereocenters. The van der Waals surface area contributed by atoms with E-state index in [1.165, 1.54) is 5.57 Å². The van der Waals surface area contributed by atoms with Gasteiger partial charge in [0.15, 0.2) is 0 Å². The van der Waals surface area contributed by atoms with Gasteiger partial charge in [-0.1, -0.05) is 30.4 Å². The van der Waals surface area contributed by atoms with Crippen molar-refractivity contribution < 1.29 is 19.7 Å². The summed E-state index contributed by atoms with van der Waals surface area (Å²) in [7, 11) is 0. The zero-order valence-corrected chi connectivity index (χ0v) is 14.6.